The van der Waals surface area contributed by atoms with Crippen LogP contribution in [0.15, 0.2) is 46.6 Å². The van der Waals surface area contributed by atoms with Gasteiger partial charge in [0.25, 0.3) is 11.6 Å². The molecule has 0 saturated heterocycles. The molecule has 1 atom stereocenters. The van der Waals surface area contributed by atoms with Gasteiger partial charge in [-0.15, -0.1) is 0 Å². The van der Waals surface area contributed by atoms with Crippen LogP contribution in [0.5, 0.6) is 11.5 Å². The fraction of sp³-hybridized carbons (Fsp3) is 0.222. The number of hydrogen-bond donors (Lipinski definition) is 1. The average molecular weight is 421 g/mol. The van der Waals surface area contributed by atoms with Crippen molar-refractivity contribution >= 4 is 40.4 Å². The number of nitro benzene ring substituents is 1. The number of hydrogen-bond acceptors (Lipinski definition) is 8. The van der Waals surface area contributed by atoms with Crippen LogP contribution in [0.1, 0.15) is 6.92 Å². The van der Waals surface area contributed by atoms with E-state index in [1.54, 1.807) is 12.1 Å². The number of nitrogens with zero attached hydrogens (tertiary/aromatic N) is 3. The minimum Gasteiger partial charge on any atom is -0.495 e. The predicted octanol–water partition coefficient (Wildman–Crippen LogP) is 3.95. The second kappa shape index (κ2) is 9.60. The van der Waals surface area contributed by atoms with Gasteiger partial charge in [-0.3, -0.25) is 19.7 Å². The summed E-state index contributed by atoms with van der Waals surface area (Å²) in [6.45, 7) is 1.19. The maximum atomic E-state index is 12.5. The van der Waals surface area contributed by atoms with Crippen LogP contribution < -0.4 is 14.8 Å². The number of anilines is 1. The SMILES string of the molecule is COc1cc([N+](=O)[O-])ccc1N=NC(C(C)=O)C(=O)Nc1cc(Cl)ccc1OC. The Morgan fingerprint density at radius 1 is 1.14 bits per heavy atom. The zero-order chi connectivity index (χ0) is 21.6. The van der Waals surface area contributed by atoms with E-state index in [9.17, 15) is 19.7 Å². The maximum absolute atomic E-state index is 12.5. The predicted molar refractivity (Wildman–Crippen MR) is 105 cm³/mol. The lowest BCUT2D eigenvalue weighted by Crippen LogP contribution is -2.32. The first-order valence-corrected chi connectivity index (χ1v) is 8.52. The van der Waals surface area contributed by atoms with Crippen LogP contribution in [0.25, 0.3) is 0 Å². The number of rotatable bonds is 8. The number of carbonyl (C=O) groups is 2. The van der Waals surface area contributed by atoms with Crippen molar-refractivity contribution in [3.8, 4) is 11.5 Å². The lowest BCUT2D eigenvalue weighted by atomic mass is 10.2. The number of non-ortho nitro benzene ring substituents is 1. The molecule has 2 aromatic carbocycles. The van der Waals surface area contributed by atoms with Gasteiger partial charge in [0.1, 0.15) is 11.4 Å². The van der Waals surface area contributed by atoms with E-state index in [0.717, 1.165) is 6.07 Å². The zero-order valence-electron chi connectivity index (χ0n) is 15.7. The summed E-state index contributed by atoms with van der Waals surface area (Å²) < 4.78 is 10.2. The fourth-order valence-electron chi connectivity index (χ4n) is 2.28. The molecule has 0 aromatic heterocycles. The first kappa shape index (κ1) is 21.8. The second-order valence-electron chi connectivity index (χ2n) is 5.68. The summed E-state index contributed by atoms with van der Waals surface area (Å²) >= 11 is 5.93. The summed E-state index contributed by atoms with van der Waals surface area (Å²) in [5.74, 6) is -0.892. The van der Waals surface area contributed by atoms with Gasteiger partial charge in [0.15, 0.2) is 11.5 Å². The normalized spacial score (nSPS) is 11.7. The molecule has 0 radical (unpaired) electrons. The molecule has 0 spiro atoms. The Labute approximate surface area is 170 Å². The third-order valence-electron chi connectivity index (χ3n) is 3.71. The van der Waals surface area contributed by atoms with Gasteiger partial charge in [-0.1, -0.05) is 11.6 Å². The highest BCUT2D eigenvalue weighted by molar-refractivity contribution is 6.31. The number of azo groups is 1. The third-order valence-corrected chi connectivity index (χ3v) is 3.94. The topological polar surface area (TPSA) is 132 Å². The number of methoxy groups -OCH3 is 2. The first-order valence-electron chi connectivity index (χ1n) is 8.15. The summed E-state index contributed by atoms with van der Waals surface area (Å²) in [5, 5.41) is 21.4. The van der Waals surface area contributed by atoms with Crippen molar-refractivity contribution in [1.82, 2.24) is 0 Å². The monoisotopic (exact) mass is 420 g/mol. The van der Waals surface area contributed by atoms with Gasteiger partial charge >= 0.3 is 0 Å². The van der Waals surface area contributed by atoms with E-state index in [2.05, 4.69) is 15.5 Å². The van der Waals surface area contributed by atoms with E-state index in [1.165, 1.54) is 39.3 Å². The molecule has 1 amide bonds. The Morgan fingerprint density at radius 3 is 2.41 bits per heavy atom. The highest BCUT2D eigenvalue weighted by atomic mass is 35.5. The summed E-state index contributed by atoms with van der Waals surface area (Å²) in [5.41, 5.74) is 0.187. The molecule has 0 aliphatic carbocycles. The number of carbonyl (C=O) groups excluding carboxylic acids is 2. The fourth-order valence-corrected chi connectivity index (χ4v) is 2.45. The average Bonchev–Trinajstić information content (AvgIpc) is 2.68. The molecular weight excluding hydrogens is 404 g/mol. The van der Waals surface area contributed by atoms with Gasteiger partial charge in [-0.2, -0.15) is 10.2 Å². The number of nitro groups is 1. The zero-order valence-corrected chi connectivity index (χ0v) is 16.5. The van der Waals surface area contributed by atoms with Gasteiger partial charge in [0.2, 0.25) is 6.04 Å². The van der Waals surface area contributed by atoms with Crippen molar-refractivity contribution in [3.05, 3.63) is 51.5 Å². The van der Waals surface area contributed by atoms with Crippen LogP contribution in [0.4, 0.5) is 17.1 Å². The quantitative estimate of drug-likeness (QED) is 0.297. The van der Waals surface area contributed by atoms with Crippen molar-refractivity contribution in [2.24, 2.45) is 10.2 Å². The van der Waals surface area contributed by atoms with Gasteiger partial charge < -0.3 is 14.8 Å². The number of Topliss-reactive ketones (excluding diaryl/α,β-unsaturated/α-hetero) is 1. The molecule has 2 aromatic rings. The number of halogens is 1. The summed E-state index contributed by atoms with van der Waals surface area (Å²) in [6.07, 6.45) is 0. The lowest BCUT2D eigenvalue weighted by Gasteiger charge is -2.13. The van der Waals surface area contributed by atoms with E-state index in [0.29, 0.717) is 10.8 Å². The Morgan fingerprint density at radius 2 is 1.83 bits per heavy atom. The molecule has 11 heteroatoms. The molecule has 29 heavy (non-hydrogen) atoms. The number of nitrogens with one attached hydrogen (secondary N) is 1. The van der Waals surface area contributed by atoms with Crippen molar-refractivity contribution in [2.45, 2.75) is 13.0 Å². The third kappa shape index (κ3) is 5.48. The van der Waals surface area contributed by atoms with Gasteiger partial charge in [0, 0.05) is 11.1 Å². The minimum absolute atomic E-state index is 0.0715. The van der Waals surface area contributed by atoms with Crippen molar-refractivity contribution in [2.75, 3.05) is 19.5 Å². The molecule has 152 valence electrons. The van der Waals surface area contributed by atoms with Crippen LogP contribution in [0.3, 0.4) is 0 Å². The van der Waals surface area contributed by atoms with Crippen LogP contribution >= 0.6 is 11.6 Å². The van der Waals surface area contributed by atoms with E-state index in [1.807, 2.05) is 0 Å². The number of ether oxygens (including phenoxy) is 2. The molecule has 2 rings (SSSR count). The molecule has 0 saturated carbocycles. The highest BCUT2D eigenvalue weighted by Crippen LogP contribution is 2.32. The smallest absolute Gasteiger partial charge is 0.273 e. The van der Waals surface area contributed by atoms with E-state index < -0.39 is 22.7 Å². The molecule has 0 aliphatic rings. The number of benzene rings is 2. The largest absolute Gasteiger partial charge is 0.495 e. The summed E-state index contributed by atoms with van der Waals surface area (Å²) in [6, 6.07) is 6.81. The van der Waals surface area contributed by atoms with E-state index >= 15 is 0 Å². The van der Waals surface area contributed by atoms with E-state index in [4.69, 9.17) is 21.1 Å². The maximum Gasteiger partial charge on any atom is 0.273 e. The Kier molecular flexibility index (Phi) is 7.21. The highest BCUT2D eigenvalue weighted by Gasteiger charge is 2.24. The van der Waals surface area contributed by atoms with Crippen molar-refractivity contribution < 1.29 is 24.0 Å². The molecule has 0 heterocycles. The van der Waals surface area contributed by atoms with Crippen molar-refractivity contribution in [3.63, 3.8) is 0 Å². The first-order chi connectivity index (χ1) is 13.8. The Balaban J connectivity index is 2.28. The summed E-state index contributed by atoms with van der Waals surface area (Å²) in [7, 11) is 2.72. The van der Waals surface area contributed by atoms with Gasteiger partial charge in [-0.05, 0) is 31.2 Å². The molecule has 0 aliphatic heterocycles. The van der Waals surface area contributed by atoms with Gasteiger partial charge in [-0.25, -0.2) is 0 Å². The molecule has 0 bridgehead atoms. The molecule has 1 unspecified atom stereocenters. The Hall–Kier alpha value is -3.53. The van der Waals surface area contributed by atoms with E-state index in [-0.39, 0.29) is 22.8 Å². The summed E-state index contributed by atoms with van der Waals surface area (Å²) in [4.78, 5) is 34.7. The van der Waals surface area contributed by atoms with Crippen LogP contribution in [-0.2, 0) is 9.59 Å². The molecule has 0 fully saturated rings. The van der Waals surface area contributed by atoms with Crippen LogP contribution in [0.2, 0.25) is 5.02 Å². The van der Waals surface area contributed by atoms with Crippen LogP contribution in [0, 0.1) is 10.1 Å². The lowest BCUT2D eigenvalue weighted by molar-refractivity contribution is -0.384. The number of amides is 1. The molecule has 10 nitrogen and oxygen atoms in total. The molecule has 1 N–H and O–H groups in total. The van der Waals surface area contributed by atoms with Crippen LogP contribution in [-0.4, -0.2) is 36.9 Å². The van der Waals surface area contributed by atoms with Gasteiger partial charge in [0.05, 0.1) is 30.9 Å². The standard InChI is InChI=1S/C18H17ClN4O6/c1-10(24)17(18(25)20-14-8-11(19)4-7-15(14)28-2)22-21-13-6-5-12(23(26)27)9-16(13)29-3/h4-9,17H,1-3H3,(H,20,25). The molecular formula is C18H17ClN4O6. The van der Waals surface area contributed by atoms with Crippen molar-refractivity contribution in [1.29, 1.82) is 0 Å². The number of ketones is 1. The minimum atomic E-state index is -1.46. The Bertz CT molecular complexity index is 979. The second-order valence-corrected chi connectivity index (χ2v) is 6.11.